The van der Waals surface area contributed by atoms with Crippen molar-refractivity contribution in [1.82, 2.24) is 33.0 Å². The van der Waals surface area contributed by atoms with Gasteiger partial charge in [0.15, 0.2) is 23.0 Å². The molecule has 3 saturated heterocycles. The van der Waals surface area contributed by atoms with Crippen molar-refractivity contribution in [2.75, 3.05) is 120 Å². The standard InChI is InChI=1S/C28H27ClN2O3S.C27H30ClN3O3S.C26H30ClN3O4S.C26H30ClN3O3S/c1-4-12-34-28-24(18-30)16-25(17-26(28)29)31-11-9-23-15-22(7-8-27(23)31)21-6-5-20(19(2)14-21)10-13-35(3,32)33;1-3-8-34-26-22(14-29)10-23(11-24(26)28)31-7-6-21-9-19(4-5-25(21)31)15-30-17-27(18-30)12-20(13-27)16-35(2,32)33;1-3-10-34-26-21(16-28)14-22(15-24(26)27)30-8-6-20-13-19(4-5-25(20)30)17-29-9-11-33-23(18-29)7-12-35(2,31)32;1-3-12-33-26-22(16-28)14-23(15-24(26)27)30-11-8-21-13-20(4-5-25(21)30)17-29-9-6-19(7-10-29)18-34(2,31)32/h5-9,11,14-17H,4,10,12-13H2,1-3H3;4-7,9-11,20H,3,8,12-13,15-18H2,1-2H3;4-6,8,13-15,23H,3,7,9-12,17-18H2,1-2H3;4-5,8,11,13-15,19H,3,6-7,9-10,12,17-18H2,1-2H3. The molecule has 1 spiro atoms. The van der Waals surface area contributed by atoms with Crippen molar-refractivity contribution in [3.8, 4) is 81.2 Å². The highest BCUT2D eigenvalue weighted by Crippen LogP contribution is 2.53. The Hall–Kier alpha value is -10.9. The van der Waals surface area contributed by atoms with E-state index in [1.807, 2.05) is 132 Å². The third-order valence-electron chi connectivity index (χ3n) is 25.5. The van der Waals surface area contributed by atoms with E-state index < -0.39 is 39.3 Å². The number of aromatic nitrogens is 4. The highest BCUT2D eigenvalue weighted by molar-refractivity contribution is 7.91. The number of nitrogens with zero attached hydrogens (tertiary/aromatic N) is 11. The van der Waals surface area contributed by atoms with Crippen LogP contribution < -0.4 is 18.9 Å². The van der Waals surface area contributed by atoms with Gasteiger partial charge < -0.3 is 42.0 Å². The first-order chi connectivity index (χ1) is 66.4. The van der Waals surface area contributed by atoms with E-state index in [-0.39, 0.29) is 23.5 Å². The molecule has 730 valence electrons. The van der Waals surface area contributed by atoms with E-state index in [0.29, 0.717) is 134 Å². The zero-order valence-electron chi connectivity index (χ0n) is 79.8. The number of rotatable bonds is 33. The Morgan fingerprint density at radius 2 is 0.755 bits per heavy atom. The van der Waals surface area contributed by atoms with E-state index in [4.69, 9.17) is 70.1 Å². The number of sulfone groups is 4. The van der Waals surface area contributed by atoms with Crippen LogP contribution in [0.4, 0.5) is 0 Å². The lowest BCUT2D eigenvalue weighted by molar-refractivity contribution is -0.0922. The van der Waals surface area contributed by atoms with E-state index >= 15 is 0 Å². The van der Waals surface area contributed by atoms with Crippen LogP contribution in [0.25, 0.3) is 77.5 Å². The Balaban J connectivity index is 0.000000148. The number of piperidine rings is 1. The molecular weight excluding hydrogens is 1920 g/mol. The molecule has 1 unspecified atom stereocenters. The molecule has 17 rings (SSSR count). The maximum Gasteiger partial charge on any atom is 0.155 e. The highest BCUT2D eigenvalue weighted by atomic mass is 35.5. The average Bonchev–Trinajstić information content (AvgIpc) is 1.32. The molecule has 1 saturated carbocycles. The quantitative estimate of drug-likeness (QED) is 0.0369. The SMILES string of the molecule is CCCOc1c(Cl)cc(-n2ccc3cc(-c4ccc(CCS(C)(=O)=O)c(C)c4)ccc32)cc1C#N.CCCOc1c(Cl)cc(-n2ccc3cc(CN4CC5(CC(CS(C)(=O)=O)C5)C4)ccc32)cc1C#N.CCCOc1c(Cl)cc(-n2ccc3cc(CN4CCC(CS(C)(=O)=O)CC4)ccc32)cc1C#N.CCCOc1c(Cl)cc(-n2ccc3cc(CN4CCOC(CCS(C)(=O)=O)C4)ccc32)cc1C#N. The first-order valence-corrected chi connectivity index (χ1v) is 56.7. The summed E-state index contributed by atoms with van der Waals surface area (Å²) < 4.78 is 129. The lowest BCUT2D eigenvalue weighted by atomic mass is 9.58. The van der Waals surface area contributed by atoms with Crippen molar-refractivity contribution in [3.05, 3.63) is 259 Å². The summed E-state index contributed by atoms with van der Waals surface area (Å²) in [4.78, 5) is 7.15. The highest BCUT2D eigenvalue weighted by Gasteiger charge is 2.52. The number of ether oxygens (including phenoxy) is 5. The molecular formula is C107H117Cl4N11O13S4. The van der Waals surface area contributed by atoms with Crippen LogP contribution in [0.1, 0.15) is 136 Å². The molecule has 7 heterocycles. The second-order valence-electron chi connectivity index (χ2n) is 37.2. The maximum atomic E-state index is 11.6. The molecule has 9 aromatic carbocycles. The Morgan fingerprint density at radius 3 is 1.12 bits per heavy atom. The number of aryl methyl sites for hydroxylation is 2. The molecule has 0 amide bonds. The third kappa shape index (κ3) is 26.9. The average molecular weight is 2040 g/mol. The van der Waals surface area contributed by atoms with Crippen LogP contribution in [0.15, 0.2) is 189 Å². The lowest BCUT2D eigenvalue weighted by Gasteiger charge is -2.59. The van der Waals surface area contributed by atoms with Crippen LogP contribution in [-0.2, 0) is 70.1 Å². The van der Waals surface area contributed by atoms with E-state index in [9.17, 15) is 54.7 Å². The lowest BCUT2D eigenvalue weighted by Crippen LogP contribution is -2.62. The fourth-order valence-electron chi connectivity index (χ4n) is 19.1. The number of hydrogen-bond acceptors (Lipinski definition) is 20. The Bertz CT molecular complexity index is 7350. The van der Waals surface area contributed by atoms with Crippen molar-refractivity contribution < 1.29 is 57.4 Å². The summed E-state index contributed by atoms with van der Waals surface area (Å²) in [5, 5.41) is 44.6. The fourth-order valence-corrected chi connectivity index (χ4v) is 23.7. The minimum Gasteiger partial charge on any atom is -0.491 e. The number of halogens is 4. The second kappa shape index (κ2) is 45.8. The van der Waals surface area contributed by atoms with E-state index in [0.717, 1.165) is 199 Å². The molecule has 4 fully saturated rings. The predicted molar refractivity (Wildman–Crippen MR) is 556 cm³/mol. The minimum absolute atomic E-state index is 0.0633. The molecule has 1 atom stereocenters. The molecule has 32 heteroatoms. The smallest absolute Gasteiger partial charge is 0.155 e. The number of benzene rings is 9. The number of hydrogen-bond donors (Lipinski definition) is 0. The summed E-state index contributed by atoms with van der Waals surface area (Å²) in [5.74, 6) is 3.27. The summed E-state index contributed by atoms with van der Waals surface area (Å²) in [6.07, 6.45) is 21.4. The molecule has 4 aliphatic rings. The fraction of sp³-hybridized carbons (Fsp3) is 0.383. The third-order valence-corrected chi connectivity index (χ3v) is 30.7. The van der Waals surface area contributed by atoms with Crippen molar-refractivity contribution in [2.45, 2.75) is 125 Å². The number of likely N-dealkylation sites (tertiary alicyclic amines) is 2. The molecule has 4 aromatic heterocycles. The van der Waals surface area contributed by atoms with Gasteiger partial charge in [-0.15, -0.1) is 0 Å². The van der Waals surface area contributed by atoms with E-state index in [2.05, 4.69) is 136 Å². The maximum absolute atomic E-state index is 11.6. The Kier molecular flexibility index (Phi) is 34.2. The van der Waals surface area contributed by atoms with Crippen molar-refractivity contribution >= 4 is 129 Å². The zero-order valence-corrected chi connectivity index (χ0v) is 86.1. The first kappa shape index (κ1) is 104. The predicted octanol–water partition coefficient (Wildman–Crippen LogP) is 21.5. The summed E-state index contributed by atoms with van der Waals surface area (Å²) in [6.45, 7) is 20.7. The van der Waals surface area contributed by atoms with Gasteiger partial charge in [-0.05, 0) is 262 Å². The Morgan fingerprint density at radius 1 is 0.403 bits per heavy atom. The number of morpholine rings is 1. The van der Waals surface area contributed by atoms with Crippen LogP contribution in [0, 0.1) is 69.5 Å². The molecule has 3 aliphatic heterocycles. The first-order valence-electron chi connectivity index (χ1n) is 46.9. The summed E-state index contributed by atoms with van der Waals surface area (Å²) in [5.41, 5.74) is 17.3. The summed E-state index contributed by atoms with van der Waals surface area (Å²) in [6, 6.07) is 63.3. The monoisotopic (exact) mass is 2030 g/mol. The van der Waals surface area contributed by atoms with Crippen LogP contribution in [0.3, 0.4) is 0 Å². The van der Waals surface area contributed by atoms with Crippen LogP contribution in [0.2, 0.25) is 20.1 Å². The zero-order chi connectivity index (χ0) is 99.3. The number of fused-ring (bicyclic) bond motifs is 4. The molecule has 139 heavy (non-hydrogen) atoms. The van der Waals surface area contributed by atoms with Gasteiger partial charge in [0.05, 0.1) is 127 Å². The molecule has 24 nitrogen and oxygen atoms in total. The molecule has 0 radical (unpaired) electrons. The normalized spacial score (nSPS) is 15.4. The van der Waals surface area contributed by atoms with Crippen LogP contribution in [-0.4, -0.2) is 193 Å². The minimum atomic E-state index is -3.00. The van der Waals surface area contributed by atoms with Gasteiger partial charge in [-0.3, -0.25) is 14.7 Å². The van der Waals surface area contributed by atoms with Crippen molar-refractivity contribution in [1.29, 1.82) is 21.0 Å². The van der Waals surface area contributed by atoms with Gasteiger partial charge in [-0.25, -0.2) is 33.7 Å². The largest absolute Gasteiger partial charge is 0.491 e. The second-order valence-corrected chi connectivity index (χ2v) is 47.8. The van der Waals surface area contributed by atoms with E-state index in [1.54, 1.807) is 12.1 Å². The van der Waals surface area contributed by atoms with Crippen LogP contribution in [0.5, 0.6) is 23.0 Å². The molecule has 13 aromatic rings. The van der Waals surface area contributed by atoms with Gasteiger partial charge in [0, 0.05) is 140 Å². The topological polar surface area (TPSA) is 307 Å². The van der Waals surface area contributed by atoms with E-state index in [1.165, 1.54) is 41.7 Å². The summed E-state index contributed by atoms with van der Waals surface area (Å²) in [7, 11) is -11.8. The van der Waals surface area contributed by atoms with Gasteiger partial charge in [0.2, 0.25) is 0 Å². The van der Waals surface area contributed by atoms with Gasteiger partial charge in [-0.2, -0.15) is 21.0 Å². The van der Waals surface area contributed by atoms with Gasteiger partial charge in [0.25, 0.3) is 0 Å². The summed E-state index contributed by atoms with van der Waals surface area (Å²) >= 11 is 25.9. The van der Waals surface area contributed by atoms with Gasteiger partial charge >= 0.3 is 0 Å². The van der Waals surface area contributed by atoms with Crippen LogP contribution >= 0.6 is 46.4 Å². The van der Waals surface area contributed by atoms with Crippen molar-refractivity contribution in [3.63, 3.8) is 0 Å². The van der Waals surface area contributed by atoms with Gasteiger partial charge in [-0.1, -0.05) is 117 Å². The van der Waals surface area contributed by atoms with Crippen molar-refractivity contribution in [2.24, 2.45) is 17.3 Å². The molecule has 1 aliphatic carbocycles. The molecule has 0 N–H and O–H groups in total. The Labute approximate surface area is 836 Å². The number of nitriles is 4. The molecule has 0 bridgehead atoms. The van der Waals surface area contributed by atoms with Gasteiger partial charge in [0.1, 0.15) is 63.6 Å².